The van der Waals surface area contributed by atoms with Crippen molar-refractivity contribution in [2.75, 3.05) is 32.0 Å². The molecular weight excluding hydrogens is 449 g/mol. The van der Waals surface area contributed by atoms with Crippen LogP contribution in [-0.4, -0.2) is 63.2 Å². The first kappa shape index (κ1) is 23.1. The first-order chi connectivity index (χ1) is 16.1. The zero-order valence-corrected chi connectivity index (χ0v) is 18.4. The zero-order valence-electron chi connectivity index (χ0n) is 18.4. The fraction of sp³-hybridized carbons (Fsp3) is 0.261. The zero-order chi connectivity index (χ0) is 24.5. The Labute approximate surface area is 193 Å². The van der Waals surface area contributed by atoms with Gasteiger partial charge in [0.2, 0.25) is 11.9 Å². The predicted octanol–water partition coefficient (Wildman–Crippen LogP) is 3.52. The molecule has 0 unspecified atom stereocenters. The molecule has 4 rings (SSSR count). The molecule has 0 radical (unpaired) electrons. The number of likely N-dealkylation sites (N-methyl/N-ethyl adjacent to an activating group) is 1. The Kier molecular flexibility index (Phi) is 6.18. The molecule has 1 aliphatic heterocycles. The van der Waals surface area contributed by atoms with Crippen molar-refractivity contribution >= 4 is 23.5 Å². The van der Waals surface area contributed by atoms with Gasteiger partial charge >= 0.3 is 6.18 Å². The molecule has 0 aliphatic carbocycles. The van der Waals surface area contributed by atoms with Crippen LogP contribution in [0.4, 0.5) is 24.8 Å². The lowest BCUT2D eigenvalue weighted by Gasteiger charge is -2.31. The molecule has 8 nitrogen and oxygen atoms in total. The van der Waals surface area contributed by atoms with Crippen molar-refractivity contribution in [2.24, 2.45) is 0 Å². The molecule has 2 aromatic heterocycles. The Morgan fingerprint density at radius 3 is 2.53 bits per heavy atom. The molecule has 0 saturated carbocycles. The van der Waals surface area contributed by atoms with Crippen molar-refractivity contribution in [1.29, 1.82) is 0 Å². The van der Waals surface area contributed by atoms with E-state index in [1.165, 1.54) is 4.90 Å². The third kappa shape index (κ3) is 5.13. The summed E-state index contributed by atoms with van der Waals surface area (Å²) in [5.41, 5.74) is 2.00. The van der Waals surface area contributed by atoms with Gasteiger partial charge in [-0.25, -0.2) is 9.97 Å². The van der Waals surface area contributed by atoms with Crippen molar-refractivity contribution < 1.29 is 22.8 Å². The van der Waals surface area contributed by atoms with Crippen molar-refractivity contribution in [2.45, 2.75) is 13.1 Å². The van der Waals surface area contributed by atoms with Crippen molar-refractivity contribution in [3.8, 4) is 11.1 Å². The molecule has 1 fully saturated rings. The number of piperazine rings is 1. The summed E-state index contributed by atoms with van der Waals surface area (Å²) in [5, 5.41) is 2.81. The number of pyridine rings is 1. The van der Waals surface area contributed by atoms with Crippen molar-refractivity contribution in [3.63, 3.8) is 0 Å². The molecule has 1 aliphatic rings. The number of hydrogen-bond donors (Lipinski definition) is 1. The van der Waals surface area contributed by atoms with Crippen LogP contribution < -0.4 is 5.32 Å². The number of carbonyl (C=O) groups is 2. The van der Waals surface area contributed by atoms with Gasteiger partial charge in [0.25, 0.3) is 5.91 Å². The van der Waals surface area contributed by atoms with E-state index in [0.717, 1.165) is 23.4 Å². The van der Waals surface area contributed by atoms with Crippen LogP contribution in [0.1, 0.15) is 21.7 Å². The van der Waals surface area contributed by atoms with Gasteiger partial charge in [0.15, 0.2) is 0 Å². The number of alkyl halides is 3. The van der Waals surface area contributed by atoms with Crippen molar-refractivity contribution in [3.05, 3.63) is 65.7 Å². The summed E-state index contributed by atoms with van der Waals surface area (Å²) in [5.74, 6) is -0.616. The summed E-state index contributed by atoms with van der Waals surface area (Å²) in [6.45, 7) is 2.77. The van der Waals surface area contributed by atoms with Gasteiger partial charge in [0, 0.05) is 43.8 Å². The summed E-state index contributed by atoms with van der Waals surface area (Å²) >= 11 is 0. The number of halogens is 3. The molecule has 2 amide bonds. The largest absolute Gasteiger partial charge is 0.433 e. The lowest BCUT2D eigenvalue weighted by Crippen LogP contribution is -2.50. The SMILES string of the molecule is Cc1cc(Nc2nccc(C(F)(F)F)n2)cc(-c2ccc(C(=O)N3CCN(C)C(=O)C3)nc2)c1. The summed E-state index contributed by atoms with van der Waals surface area (Å²) in [6.07, 6.45) is -1.98. The van der Waals surface area contributed by atoms with E-state index in [2.05, 4.69) is 20.3 Å². The van der Waals surface area contributed by atoms with E-state index >= 15 is 0 Å². The third-order valence-electron chi connectivity index (χ3n) is 5.34. The van der Waals surface area contributed by atoms with E-state index in [1.54, 1.807) is 42.4 Å². The average molecular weight is 470 g/mol. The highest BCUT2D eigenvalue weighted by Gasteiger charge is 2.32. The number of nitrogens with zero attached hydrogens (tertiary/aromatic N) is 5. The second-order valence-corrected chi connectivity index (χ2v) is 7.95. The monoisotopic (exact) mass is 470 g/mol. The minimum atomic E-state index is -4.57. The van der Waals surface area contributed by atoms with Crippen molar-refractivity contribution in [1.82, 2.24) is 24.8 Å². The Bertz CT molecular complexity index is 1230. The van der Waals surface area contributed by atoms with Gasteiger partial charge in [-0.1, -0.05) is 12.1 Å². The second-order valence-electron chi connectivity index (χ2n) is 7.95. The van der Waals surface area contributed by atoms with Crippen LogP contribution in [-0.2, 0) is 11.0 Å². The molecule has 3 aromatic rings. The number of amides is 2. The molecule has 34 heavy (non-hydrogen) atoms. The summed E-state index contributed by atoms with van der Waals surface area (Å²) < 4.78 is 38.8. The van der Waals surface area contributed by atoms with Crippen LogP contribution in [0.3, 0.4) is 0 Å². The van der Waals surface area contributed by atoms with Crippen LogP contribution >= 0.6 is 0 Å². The van der Waals surface area contributed by atoms with Gasteiger partial charge in [0.1, 0.15) is 17.9 Å². The van der Waals surface area contributed by atoms with Crippen LogP contribution in [0, 0.1) is 6.92 Å². The van der Waals surface area contributed by atoms with Crippen LogP contribution in [0.25, 0.3) is 11.1 Å². The molecule has 11 heteroatoms. The maximum Gasteiger partial charge on any atom is 0.433 e. The minimum Gasteiger partial charge on any atom is -0.342 e. The number of anilines is 2. The van der Waals surface area contributed by atoms with Crippen LogP contribution in [0.5, 0.6) is 0 Å². The molecule has 176 valence electrons. The Hall–Kier alpha value is -4.02. The predicted molar refractivity (Wildman–Crippen MR) is 118 cm³/mol. The Morgan fingerprint density at radius 2 is 1.85 bits per heavy atom. The maximum atomic E-state index is 12.9. The van der Waals surface area contributed by atoms with Gasteiger partial charge in [-0.2, -0.15) is 13.2 Å². The third-order valence-corrected chi connectivity index (χ3v) is 5.34. The van der Waals surface area contributed by atoms with E-state index in [9.17, 15) is 22.8 Å². The number of hydrogen-bond acceptors (Lipinski definition) is 6. The molecule has 0 spiro atoms. The van der Waals surface area contributed by atoms with Gasteiger partial charge in [-0.3, -0.25) is 14.6 Å². The van der Waals surface area contributed by atoms with E-state index in [-0.39, 0.29) is 30.0 Å². The first-order valence-corrected chi connectivity index (χ1v) is 10.4. The topological polar surface area (TPSA) is 91.3 Å². The summed E-state index contributed by atoms with van der Waals surface area (Å²) in [4.78, 5) is 39.3. The van der Waals surface area contributed by atoms with Crippen LogP contribution in [0.2, 0.25) is 0 Å². The Morgan fingerprint density at radius 1 is 1.06 bits per heavy atom. The molecule has 1 aromatic carbocycles. The number of nitrogens with one attached hydrogen (secondary N) is 1. The summed E-state index contributed by atoms with van der Waals surface area (Å²) in [6, 6.07) is 9.50. The fourth-order valence-electron chi connectivity index (χ4n) is 3.51. The smallest absolute Gasteiger partial charge is 0.342 e. The number of rotatable bonds is 4. The molecular formula is C23H21F3N6O2. The number of benzene rings is 1. The van der Waals surface area contributed by atoms with Crippen LogP contribution in [0.15, 0.2) is 48.8 Å². The maximum absolute atomic E-state index is 12.9. The highest BCUT2D eigenvalue weighted by atomic mass is 19.4. The van der Waals surface area contributed by atoms with E-state index < -0.39 is 11.9 Å². The minimum absolute atomic E-state index is 0.0171. The standard InChI is InChI=1S/C23H21F3N6O2/c1-14-9-16(11-17(10-14)29-22-27-6-5-19(30-22)23(24,25)26)15-3-4-18(28-12-15)21(34)32-8-7-31(2)20(33)13-32/h3-6,9-12H,7-8,13H2,1-2H3,(H,27,29,30). The van der Waals surface area contributed by atoms with Gasteiger partial charge < -0.3 is 15.1 Å². The molecule has 1 N–H and O–H groups in total. The highest BCUT2D eigenvalue weighted by molar-refractivity contribution is 5.95. The van der Waals surface area contributed by atoms with E-state index in [0.29, 0.717) is 24.3 Å². The van der Waals surface area contributed by atoms with E-state index in [4.69, 9.17) is 0 Å². The van der Waals surface area contributed by atoms with Gasteiger partial charge in [-0.05, 0) is 42.3 Å². The van der Waals surface area contributed by atoms with E-state index in [1.807, 2.05) is 13.0 Å². The second kappa shape index (κ2) is 9.08. The molecule has 0 bridgehead atoms. The van der Waals surface area contributed by atoms with Gasteiger partial charge in [-0.15, -0.1) is 0 Å². The fourth-order valence-corrected chi connectivity index (χ4v) is 3.51. The summed E-state index contributed by atoms with van der Waals surface area (Å²) in [7, 11) is 1.70. The number of aromatic nitrogens is 3. The normalized spacial score (nSPS) is 14.3. The quantitative estimate of drug-likeness (QED) is 0.628. The number of aryl methyl sites for hydroxylation is 1. The lowest BCUT2D eigenvalue weighted by molar-refractivity contribution is -0.141. The molecule has 3 heterocycles. The highest BCUT2D eigenvalue weighted by Crippen LogP contribution is 2.29. The average Bonchev–Trinajstić information content (AvgIpc) is 2.80. The molecule has 0 atom stereocenters. The number of carbonyl (C=O) groups excluding carboxylic acids is 2. The first-order valence-electron chi connectivity index (χ1n) is 10.4. The molecule has 1 saturated heterocycles. The Balaban J connectivity index is 1.53. The van der Waals surface area contributed by atoms with Gasteiger partial charge in [0.05, 0.1) is 0 Å². The lowest BCUT2D eigenvalue weighted by atomic mass is 10.0.